The second-order valence-electron chi connectivity index (χ2n) is 8.53. The molecule has 0 saturated carbocycles. The van der Waals surface area contributed by atoms with Gasteiger partial charge in [-0.1, -0.05) is 18.2 Å². The lowest BCUT2D eigenvalue weighted by Gasteiger charge is -2.43. The summed E-state index contributed by atoms with van der Waals surface area (Å²) in [4.78, 5) is 28.7. The fraction of sp³-hybridized carbons (Fsp3) is 0.240. The number of carbonyl (C=O) groups is 2. The van der Waals surface area contributed by atoms with Gasteiger partial charge in [-0.05, 0) is 75.8 Å². The fourth-order valence-electron chi connectivity index (χ4n) is 4.47. The highest BCUT2D eigenvalue weighted by molar-refractivity contribution is 7.80. The number of anilines is 2. The van der Waals surface area contributed by atoms with E-state index in [1.165, 1.54) is 30.3 Å². The maximum Gasteiger partial charge on any atom is 0.270 e. The van der Waals surface area contributed by atoms with Crippen LogP contribution >= 0.6 is 12.2 Å². The molecule has 2 heterocycles. The third-order valence-electron chi connectivity index (χ3n) is 5.91. The van der Waals surface area contributed by atoms with Crippen molar-refractivity contribution in [1.82, 2.24) is 5.32 Å². The molecule has 0 unspecified atom stereocenters. The fourth-order valence-corrected chi connectivity index (χ4v) is 4.74. The Labute approximate surface area is 196 Å². The number of rotatable bonds is 3. The van der Waals surface area contributed by atoms with Crippen molar-refractivity contribution in [3.05, 3.63) is 70.8 Å². The Kier molecular flexibility index (Phi) is 5.66. The van der Waals surface area contributed by atoms with Crippen LogP contribution in [0.5, 0.6) is 0 Å². The van der Waals surface area contributed by atoms with Gasteiger partial charge in [0.2, 0.25) is 0 Å². The molecule has 0 radical (unpaired) electrons. The highest BCUT2D eigenvalue weighted by atomic mass is 32.1. The number of nitrogens with zero attached hydrogens (tertiary/aromatic N) is 2. The molecule has 2 aliphatic rings. The largest absolute Gasteiger partial charge is 0.363 e. The van der Waals surface area contributed by atoms with E-state index in [0.717, 1.165) is 21.7 Å². The normalized spacial score (nSPS) is 18.9. The monoisotopic (exact) mass is 467 g/mol. The molecule has 1 N–H and O–H groups in total. The zero-order chi connectivity index (χ0) is 24.1. The number of halogens is 2. The summed E-state index contributed by atoms with van der Waals surface area (Å²) < 4.78 is 29.5. The number of amides is 2. The number of likely N-dealkylation sites (N-methyl/N-ethyl adjacent to an activating group) is 1. The second kappa shape index (κ2) is 8.19. The molecule has 2 aromatic carbocycles. The van der Waals surface area contributed by atoms with Gasteiger partial charge in [-0.25, -0.2) is 13.7 Å². The van der Waals surface area contributed by atoms with Crippen LogP contribution in [0.1, 0.15) is 38.8 Å². The smallest absolute Gasteiger partial charge is 0.270 e. The van der Waals surface area contributed by atoms with E-state index in [9.17, 15) is 14.0 Å². The summed E-state index contributed by atoms with van der Waals surface area (Å²) in [6.45, 7) is 8.74. The van der Waals surface area contributed by atoms with Crippen LogP contribution in [0.15, 0.2) is 48.0 Å². The van der Waals surface area contributed by atoms with E-state index in [0.29, 0.717) is 6.54 Å². The molecule has 0 aliphatic carbocycles. The average Bonchev–Trinajstić information content (AvgIpc) is 2.72. The van der Waals surface area contributed by atoms with E-state index < -0.39 is 23.4 Å². The van der Waals surface area contributed by atoms with E-state index in [1.54, 1.807) is 12.1 Å². The molecule has 4 rings (SSSR count). The van der Waals surface area contributed by atoms with Crippen molar-refractivity contribution in [2.75, 3.05) is 16.3 Å². The quantitative estimate of drug-likeness (QED) is 0.400. The third-order valence-corrected chi connectivity index (χ3v) is 6.19. The first-order valence-corrected chi connectivity index (χ1v) is 10.9. The van der Waals surface area contributed by atoms with E-state index in [4.69, 9.17) is 12.2 Å². The minimum Gasteiger partial charge on any atom is -0.363 e. The molecular formula is C25H23F2N3O2S. The highest BCUT2D eigenvalue weighted by Gasteiger charge is 2.36. The van der Waals surface area contributed by atoms with Gasteiger partial charge in [0.1, 0.15) is 17.2 Å². The van der Waals surface area contributed by atoms with Crippen molar-refractivity contribution >= 4 is 52.2 Å². The summed E-state index contributed by atoms with van der Waals surface area (Å²) in [5.41, 5.74) is 1.89. The first-order valence-electron chi connectivity index (χ1n) is 10.5. The molecule has 2 aliphatic heterocycles. The molecule has 0 aromatic heterocycles. The molecule has 33 heavy (non-hydrogen) atoms. The first-order chi connectivity index (χ1) is 15.5. The van der Waals surface area contributed by atoms with Gasteiger partial charge in [0.05, 0.1) is 11.2 Å². The number of thiocarbonyl (C=S) groups is 1. The summed E-state index contributed by atoms with van der Waals surface area (Å²) >= 11 is 5.10. The van der Waals surface area contributed by atoms with Gasteiger partial charge in [0.25, 0.3) is 11.8 Å². The Bertz CT molecular complexity index is 1270. The van der Waals surface area contributed by atoms with Gasteiger partial charge in [0, 0.05) is 23.4 Å². The highest BCUT2D eigenvalue weighted by Crippen LogP contribution is 2.40. The number of hydrogen-bond acceptors (Lipinski definition) is 4. The molecule has 2 amide bonds. The van der Waals surface area contributed by atoms with Crippen LogP contribution in [0, 0.1) is 11.6 Å². The Morgan fingerprint density at radius 3 is 2.45 bits per heavy atom. The van der Waals surface area contributed by atoms with Crippen molar-refractivity contribution in [3.8, 4) is 0 Å². The lowest BCUT2D eigenvalue weighted by Crippen LogP contribution is -2.54. The van der Waals surface area contributed by atoms with Gasteiger partial charge in [0.15, 0.2) is 5.11 Å². The van der Waals surface area contributed by atoms with Crippen molar-refractivity contribution in [3.63, 3.8) is 0 Å². The lowest BCUT2D eigenvalue weighted by molar-refractivity contribution is -0.122. The topological polar surface area (TPSA) is 52.7 Å². The van der Waals surface area contributed by atoms with Gasteiger partial charge >= 0.3 is 0 Å². The summed E-state index contributed by atoms with van der Waals surface area (Å²) in [6, 6.07) is 8.64. The average molecular weight is 468 g/mol. The van der Waals surface area contributed by atoms with Crippen molar-refractivity contribution in [2.24, 2.45) is 0 Å². The summed E-state index contributed by atoms with van der Waals surface area (Å²) in [5, 5.41) is 2.16. The molecule has 1 saturated heterocycles. The van der Waals surface area contributed by atoms with Crippen LogP contribution < -0.4 is 15.1 Å². The van der Waals surface area contributed by atoms with Crippen LogP contribution in [-0.4, -0.2) is 29.0 Å². The molecular weight excluding hydrogens is 444 g/mol. The SMILES string of the molecule is CCN1c2cc(F)c(/C=C3/C(=O)NC(=S)N(c4ccccc4F)C3=O)cc2C(C)=CC1(C)C. The third kappa shape index (κ3) is 3.84. The molecule has 0 spiro atoms. The Morgan fingerprint density at radius 2 is 1.79 bits per heavy atom. The Hall–Kier alpha value is -3.39. The maximum absolute atomic E-state index is 15.2. The van der Waals surface area contributed by atoms with Gasteiger partial charge in [-0.3, -0.25) is 14.9 Å². The zero-order valence-electron chi connectivity index (χ0n) is 18.7. The molecule has 5 nitrogen and oxygen atoms in total. The van der Waals surface area contributed by atoms with Crippen molar-refractivity contribution in [1.29, 1.82) is 0 Å². The van der Waals surface area contributed by atoms with E-state index in [-0.39, 0.29) is 27.5 Å². The summed E-state index contributed by atoms with van der Waals surface area (Å²) in [5.74, 6) is -2.84. The minimum atomic E-state index is -0.824. The standard InChI is InChI=1S/C25H23F2N3O2S/c1-5-29-21-12-19(27)15(10-16(21)14(2)13-25(29,3)4)11-17-22(31)28-24(33)30(23(17)32)20-9-7-6-8-18(20)26/h6-13H,5H2,1-4H3,(H,28,31,33)/b17-11-. The molecule has 1 fully saturated rings. The van der Waals surface area contributed by atoms with Crippen LogP contribution in [0.3, 0.4) is 0 Å². The van der Waals surface area contributed by atoms with Gasteiger partial charge in [-0.15, -0.1) is 0 Å². The van der Waals surface area contributed by atoms with E-state index >= 15 is 4.39 Å². The molecule has 2 aromatic rings. The predicted molar refractivity (Wildman–Crippen MR) is 130 cm³/mol. The lowest BCUT2D eigenvalue weighted by atomic mass is 9.87. The molecule has 0 atom stereocenters. The van der Waals surface area contributed by atoms with E-state index in [2.05, 4.69) is 30.1 Å². The maximum atomic E-state index is 15.2. The van der Waals surface area contributed by atoms with Crippen molar-refractivity contribution in [2.45, 2.75) is 33.2 Å². The predicted octanol–water partition coefficient (Wildman–Crippen LogP) is 4.82. The first kappa shape index (κ1) is 22.8. The van der Waals surface area contributed by atoms with Crippen LogP contribution in [0.25, 0.3) is 11.6 Å². The Morgan fingerprint density at radius 1 is 1.09 bits per heavy atom. The molecule has 170 valence electrons. The van der Waals surface area contributed by atoms with Crippen LogP contribution in [-0.2, 0) is 9.59 Å². The van der Waals surface area contributed by atoms with Crippen LogP contribution in [0.2, 0.25) is 0 Å². The number of carbonyl (C=O) groups excluding carboxylic acids is 2. The van der Waals surface area contributed by atoms with E-state index in [1.807, 2.05) is 13.8 Å². The molecule has 8 heteroatoms. The number of benzene rings is 2. The zero-order valence-corrected chi connectivity index (χ0v) is 19.5. The van der Waals surface area contributed by atoms with Crippen molar-refractivity contribution < 1.29 is 18.4 Å². The minimum absolute atomic E-state index is 0.0806. The van der Waals surface area contributed by atoms with Gasteiger partial charge < -0.3 is 4.90 Å². The number of hydrogen-bond donors (Lipinski definition) is 1. The van der Waals surface area contributed by atoms with Crippen LogP contribution in [0.4, 0.5) is 20.2 Å². The second-order valence-corrected chi connectivity index (χ2v) is 8.91. The number of allylic oxidation sites excluding steroid dienone is 1. The van der Waals surface area contributed by atoms with Gasteiger partial charge in [-0.2, -0.15) is 0 Å². The number of nitrogens with one attached hydrogen (secondary N) is 1. The molecule has 0 bridgehead atoms. The number of para-hydroxylation sites is 1. The Balaban J connectivity index is 1.81. The number of fused-ring (bicyclic) bond motifs is 1. The summed E-state index contributed by atoms with van der Waals surface area (Å²) in [6.07, 6.45) is 3.29. The summed E-state index contributed by atoms with van der Waals surface area (Å²) in [7, 11) is 0.